The van der Waals surface area contributed by atoms with Crippen molar-refractivity contribution < 1.29 is 4.79 Å². The minimum atomic E-state index is -0.311. The van der Waals surface area contributed by atoms with Crippen LogP contribution in [0, 0.1) is 5.41 Å². The molecule has 0 amide bonds. The number of hydrogen-bond donors (Lipinski definition) is 0. The number of hydrogen-bond acceptors (Lipinski definition) is 2. The van der Waals surface area contributed by atoms with Crippen molar-refractivity contribution in [2.45, 2.75) is 40.2 Å². The first-order valence-electron chi connectivity index (χ1n) is 3.40. The van der Waals surface area contributed by atoms with Gasteiger partial charge in [-0.25, -0.2) is 4.79 Å². The molecule has 0 aliphatic heterocycles. The summed E-state index contributed by atoms with van der Waals surface area (Å²) in [5.74, 6) is 0. The summed E-state index contributed by atoms with van der Waals surface area (Å²) >= 11 is 0. The normalized spacial score (nSPS) is 12.5. The molecule has 0 saturated heterocycles. The Hall–Kier alpha value is -0.620. The monoisotopic (exact) mass is 141 g/mol. The molecule has 2 heteroatoms. The van der Waals surface area contributed by atoms with E-state index >= 15 is 0 Å². The van der Waals surface area contributed by atoms with Crippen molar-refractivity contribution in [1.29, 1.82) is 0 Å². The van der Waals surface area contributed by atoms with Crippen LogP contribution in [0.3, 0.4) is 0 Å². The summed E-state index contributed by atoms with van der Waals surface area (Å²) in [6.45, 7) is 10.0. The third-order valence-corrected chi connectivity index (χ3v) is 2.16. The minimum absolute atomic E-state index is 0.0183. The molecule has 0 fully saturated rings. The van der Waals surface area contributed by atoms with Gasteiger partial charge >= 0.3 is 0 Å². The van der Waals surface area contributed by atoms with E-state index in [2.05, 4.69) is 4.99 Å². The number of isocyanates is 1. The van der Waals surface area contributed by atoms with Crippen molar-refractivity contribution in [2.75, 3.05) is 0 Å². The molecule has 0 aromatic heterocycles. The van der Waals surface area contributed by atoms with E-state index in [-0.39, 0.29) is 11.0 Å². The van der Waals surface area contributed by atoms with Crippen LogP contribution in [0.15, 0.2) is 4.99 Å². The lowest BCUT2D eigenvalue weighted by Crippen LogP contribution is -2.34. The van der Waals surface area contributed by atoms with Crippen LogP contribution in [-0.2, 0) is 4.79 Å². The lowest BCUT2D eigenvalue weighted by molar-refractivity contribution is 0.232. The SMILES string of the molecule is CC(C)(C)C(C)(C)N=C=O. The zero-order chi connectivity index (χ0) is 8.41. The van der Waals surface area contributed by atoms with Crippen molar-refractivity contribution in [2.24, 2.45) is 10.4 Å². The van der Waals surface area contributed by atoms with E-state index < -0.39 is 0 Å². The quantitative estimate of drug-likeness (QED) is 0.406. The highest BCUT2D eigenvalue weighted by molar-refractivity contribution is 5.34. The average Bonchev–Trinajstić information content (AvgIpc) is 1.61. The van der Waals surface area contributed by atoms with Gasteiger partial charge < -0.3 is 0 Å². The Morgan fingerprint density at radius 3 is 1.60 bits per heavy atom. The maximum atomic E-state index is 9.98. The smallest absolute Gasteiger partial charge is 0.211 e. The first-order valence-corrected chi connectivity index (χ1v) is 3.40. The molecule has 0 rings (SSSR count). The van der Waals surface area contributed by atoms with Crippen LogP contribution in [0.1, 0.15) is 34.6 Å². The molecule has 0 heterocycles. The van der Waals surface area contributed by atoms with Gasteiger partial charge in [-0.1, -0.05) is 20.8 Å². The number of aliphatic imine (C=N–C) groups is 1. The van der Waals surface area contributed by atoms with E-state index in [1.54, 1.807) is 6.08 Å². The largest absolute Gasteiger partial charge is 0.235 e. The highest BCUT2D eigenvalue weighted by Gasteiger charge is 2.32. The predicted molar refractivity (Wildman–Crippen MR) is 41.7 cm³/mol. The molecular weight excluding hydrogens is 126 g/mol. The van der Waals surface area contributed by atoms with Crippen molar-refractivity contribution >= 4 is 6.08 Å². The summed E-state index contributed by atoms with van der Waals surface area (Å²) in [6.07, 6.45) is 1.59. The lowest BCUT2D eigenvalue weighted by Gasteiger charge is -2.33. The van der Waals surface area contributed by atoms with E-state index in [0.29, 0.717) is 0 Å². The van der Waals surface area contributed by atoms with Gasteiger partial charge in [-0.3, -0.25) is 0 Å². The Labute approximate surface area is 62.4 Å². The summed E-state index contributed by atoms with van der Waals surface area (Å²) in [5.41, 5.74) is -0.292. The summed E-state index contributed by atoms with van der Waals surface area (Å²) < 4.78 is 0. The molecule has 0 radical (unpaired) electrons. The van der Waals surface area contributed by atoms with E-state index in [0.717, 1.165) is 0 Å². The second-order valence-corrected chi connectivity index (χ2v) is 4.01. The van der Waals surface area contributed by atoms with E-state index in [9.17, 15) is 4.79 Å². The van der Waals surface area contributed by atoms with Crippen molar-refractivity contribution in [3.8, 4) is 0 Å². The lowest BCUT2D eigenvalue weighted by atomic mass is 9.77. The van der Waals surface area contributed by atoms with Crippen molar-refractivity contribution in [3.05, 3.63) is 0 Å². The molecule has 10 heavy (non-hydrogen) atoms. The number of carbonyl (C=O) groups excluding carboxylic acids is 1. The Morgan fingerprint density at radius 1 is 1.10 bits per heavy atom. The fourth-order valence-corrected chi connectivity index (χ4v) is 0.282. The predicted octanol–water partition coefficient (Wildman–Crippen LogP) is 2.15. The average molecular weight is 141 g/mol. The Morgan fingerprint density at radius 2 is 1.50 bits per heavy atom. The first kappa shape index (κ1) is 9.38. The van der Waals surface area contributed by atoms with Crippen molar-refractivity contribution in [1.82, 2.24) is 0 Å². The molecular formula is C8H15NO. The van der Waals surface area contributed by atoms with Crippen LogP contribution in [0.5, 0.6) is 0 Å². The van der Waals surface area contributed by atoms with E-state index in [1.165, 1.54) is 0 Å². The van der Waals surface area contributed by atoms with Gasteiger partial charge in [-0.15, -0.1) is 0 Å². The maximum absolute atomic E-state index is 9.98. The van der Waals surface area contributed by atoms with Crippen LogP contribution in [0.25, 0.3) is 0 Å². The summed E-state index contributed by atoms with van der Waals surface area (Å²) in [4.78, 5) is 13.7. The van der Waals surface area contributed by atoms with E-state index in [1.807, 2.05) is 34.6 Å². The van der Waals surface area contributed by atoms with Crippen LogP contribution in [0.2, 0.25) is 0 Å². The molecule has 2 nitrogen and oxygen atoms in total. The highest BCUT2D eigenvalue weighted by atomic mass is 16.1. The van der Waals surface area contributed by atoms with Crippen LogP contribution in [0.4, 0.5) is 0 Å². The van der Waals surface area contributed by atoms with Crippen LogP contribution < -0.4 is 0 Å². The molecule has 0 N–H and O–H groups in total. The fraction of sp³-hybridized carbons (Fsp3) is 0.875. The Bertz CT molecular complexity index is 159. The molecule has 0 aliphatic rings. The molecule has 0 aromatic rings. The summed E-state index contributed by atoms with van der Waals surface area (Å²) in [6, 6.07) is 0. The topological polar surface area (TPSA) is 29.4 Å². The van der Waals surface area contributed by atoms with Crippen molar-refractivity contribution in [3.63, 3.8) is 0 Å². The molecule has 58 valence electrons. The molecule has 0 spiro atoms. The van der Waals surface area contributed by atoms with Gasteiger partial charge in [0.2, 0.25) is 6.08 Å². The molecule has 0 unspecified atom stereocenters. The minimum Gasteiger partial charge on any atom is -0.211 e. The van der Waals surface area contributed by atoms with Gasteiger partial charge in [0, 0.05) is 0 Å². The van der Waals surface area contributed by atoms with Gasteiger partial charge in [0.1, 0.15) is 0 Å². The first-order chi connectivity index (χ1) is 4.31. The summed E-state index contributed by atoms with van der Waals surface area (Å²) in [7, 11) is 0. The van der Waals surface area contributed by atoms with Gasteiger partial charge in [0.25, 0.3) is 0 Å². The van der Waals surface area contributed by atoms with Gasteiger partial charge in [-0.2, -0.15) is 4.99 Å². The van der Waals surface area contributed by atoms with Gasteiger partial charge in [0.05, 0.1) is 5.54 Å². The van der Waals surface area contributed by atoms with E-state index in [4.69, 9.17) is 0 Å². The molecule has 0 saturated carbocycles. The van der Waals surface area contributed by atoms with Crippen LogP contribution >= 0.6 is 0 Å². The molecule has 0 aromatic carbocycles. The second kappa shape index (κ2) is 2.55. The van der Waals surface area contributed by atoms with Gasteiger partial charge in [0.15, 0.2) is 0 Å². The standard InChI is InChI=1S/C8H15NO/c1-7(2,3)8(4,5)9-6-10/h1-5H3. The summed E-state index contributed by atoms with van der Waals surface area (Å²) in [5, 5.41) is 0. The third-order valence-electron chi connectivity index (χ3n) is 2.16. The van der Waals surface area contributed by atoms with Gasteiger partial charge in [-0.05, 0) is 19.3 Å². The maximum Gasteiger partial charge on any atom is 0.235 e. The zero-order valence-corrected chi connectivity index (χ0v) is 7.36. The Balaban J connectivity index is 4.56. The molecule has 0 bridgehead atoms. The number of rotatable bonds is 1. The zero-order valence-electron chi connectivity index (χ0n) is 7.36. The fourth-order valence-electron chi connectivity index (χ4n) is 0.282. The number of nitrogens with zero attached hydrogens (tertiary/aromatic N) is 1. The van der Waals surface area contributed by atoms with Crippen LogP contribution in [-0.4, -0.2) is 11.6 Å². The second-order valence-electron chi connectivity index (χ2n) is 4.01. The Kier molecular flexibility index (Phi) is 2.39. The molecule has 0 aliphatic carbocycles. The third kappa shape index (κ3) is 1.96. The highest BCUT2D eigenvalue weighted by Crippen LogP contribution is 2.32. The molecule has 0 atom stereocenters.